The monoisotopic (exact) mass is 441 g/mol. The van der Waals surface area contributed by atoms with E-state index in [2.05, 4.69) is 15.6 Å². The number of amides is 2. The normalized spacial score (nSPS) is 10.8. The second-order valence-corrected chi connectivity index (χ2v) is 6.83. The van der Waals surface area contributed by atoms with E-state index in [1.54, 1.807) is 47.3 Å². The van der Waals surface area contributed by atoms with Gasteiger partial charge >= 0.3 is 0 Å². The third-order valence-corrected chi connectivity index (χ3v) is 4.32. The second kappa shape index (κ2) is 10.3. The maximum atomic E-state index is 12.3. The topological polar surface area (TPSA) is 121 Å². The molecule has 0 aliphatic heterocycles. The summed E-state index contributed by atoms with van der Waals surface area (Å²) >= 11 is 5.88. The average Bonchev–Trinajstić information content (AvgIpc) is 3.22. The van der Waals surface area contributed by atoms with Crippen LogP contribution in [-0.2, 0) is 11.3 Å². The van der Waals surface area contributed by atoms with Crippen molar-refractivity contribution in [3.8, 4) is 11.5 Å². The SMILES string of the molecule is COc1ccc(/C=N/NC(=O)c2ccn(Cc3ccc(Cl)cc3)n2)cc1OCC(N)=O. The molecule has 0 aliphatic rings. The highest BCUT2D eigenvalue weighted by atomic mass is 35.5. The lowest BCUT2D eigenvalue weighted by atomic mass is 10.2. The predicted octanol–water partition coefficient (Wildman–Crippen LogP) is 2.22. The summed E-state index contributed by atoms with van der Waals surface area (Å²) in [6.45, 7) is 0.222. The Kier molecular flexibility index (Phi) is 7.23. The molecular formula is C21H20ClN5O4. The van der Waals surface area contributed by atoms with Crippen LogP contribution in [0.2, 0.25) is 5.02 Å². The molecule has 3 rings (SSSR count). The number of hydrogen-bond donors (Lipinski definition) is 2. The Hall–Kier alpha value is -3.85. The molecule has 0 aliphatic carbocycles. The number of methoxy groups -OCH3 is 1. The fourth-order valence-electron chi connectivity index (χ4n) is 2.61. The fourth-order valence-corrected chi connectivity index (χ4v) is 2.73. The zero-order valence-electron chi connectivity index (χ0n) is 16.6. The molecule has 10 heteroatoms. The van der Waals surface area contributed by atoms with Crippen LogP contribution in [0.3, 0.4) is 0 Å². The molecule has 31 heavy (non-hydrogen) atoms. The molecule has 0 atom stereocenters. The molecule has 0 fully saturated rings. The predicted molar refractivity (Wildman–Crippen MR) is 116 cm³/mol. The van der Waals surface area contributed by atoms with Crippen LogP contribution >= 0.6 is 11.6 Å². The first-order valence-electron chi connectivity index (χ1n) is 9.15. The standard InChI is InChI=1S/C21H20ClN5O4/c1-30-18-7-4-15(10-19(18)31-13-20(23)28)11-24-25-21(29)17-8-9-27(26-17)12-14-2-5-16(22)6-3-14/h2-11H,12-13H2,1H3,(H2,23,28)(H,25,29)/b24-11+. The minimum atomic E-state index is -0.608. The lowest BCUT2D eigenvalue weighted by Crippen LogP contribution is -2.20. The summed E-state index contributed by atoms with van der Waals surface area (Å²) in [5.41, 5.74) is 9.37. The molecule has 0 saturated heterocycles. The van der Waals surface area contributed by atoms with E-state index < -0.39 is 11.8 Å². The van der Waals surface area contributed by atoms with Crippen LogP contribution < -0.4 is 20.6 Å². The lowest BCUT2D eigenvalue weighted by Gasteiger charge is -2.09. The Balaban J connectivity index is 1.60. The molecule has 2 aromatic carbocycles. The van der Waals surface area contributed by atoms with Gasteiger partial charge in [-0.3, -0.25) is 14.3 Å². The number of carbonyl (C=O) groups excluding carboxylic acids is 2. The number of hydrogen-bond acceptors (Lipinski definition) is 6. The molecule has 3 N–H and O–H groups in total. The van der Waals surface area contributed by atoms with Crippen molar-refractivity contribution >= 4 is 29.6 Å². The van der Waals surface area contributed by atoms with Gasteiger partial charge in [-0.2, -0.15) is 10.2 Å². The number of rotatable bonds is 9. The molecule has 1 heterocycles. The van der Waals surface area contributed by atoms with E-state index in [9.17, 15) is 9.59 Å². The molecule has 9 nitrogen and oxygen atoms in total. The van der Waals surface area contributed by atoms with Gasteiger partial charge in [0.05, 0.1) is 19.9 Å². The van der Waals surface area contributed by atoms with Crippen molar-refractivity contribution < 1.29 is 19.1 Å². The Morgan fingerprint density at radius 1 is 1.19 bits per heavy atom. The van der Waals surface area contributed by atoms with Crippen LogP contribution in [0.15, 0.2) is 59.8 Å². The van der Waals surface area contributed by atoms with E-state index in [4.69, 9.17) is 26.8 Å². The molecule has 1 aromatic heterocycles. The van der Waals surface area contributed by atoms with Crippen LogP contribution in [-0.4, -0.2) is 41.5 Å². The van der Waals surface area contributed by atoms with Crippen LogP contribution in [0, 0.1) is 0 Å². The molecule has 160 valence electrons. The van der Waals surface area contributed by atoms with Gasteiger partial charge in [-0.15, -0.1) is 0 Å². The van der Waals surface area contributed by atoms with Gasteiger partial charge in [-0.1, -0.05) is 23.7 Å². The quantitative estimate of drug-likeness (QED) is 0.389. The largest absolute Gasteiger partial charge is 0.493 e. The number of aromatic nitrogens is 2. The van der Waals surface area contributed by atoms with E-state index in [0.717, 1.165) is 5.56 Å². The van der Waals surface area contributed by atoms with Crippen LogP contribution in [0.4, 0.5) is 0 Å². The lowest BCUT2D eigenvalue weighted by molar-refractivity contribution is -0.119. The highest BCUT2D eigenvalue weighted by molar-refractivity contribution is 6.30. The first-order valence-corrected chi connectivity index (χ1v) is 9.53. The number of halogens is 1. The molecular weight excluding hydrogens is 422 g/mol. The average molecular weight is 442 g/mol. The third kappa shape index (κ3) is 6.31. The minimum Gasteiger partial charge on any atom is -0.493 e. The van der Waals surface area contributed by atoms with Gasteiger partial charge in [-0.25, -0.2) is 5.43 Å². The zero-order chi connectivity index (χ0) is 22.2. The van der Waals surface area contributed by atoms with Crippen molar-refractivity contribution in [3.63, 3.8) is 0 Å². The van der Waals surface area contributed by atoms with Crippen molar-refractivity contribution in [1.82, 2.24) is 15.2 Å². The summed E-state index contributed by atoms with van der Waals surface area (Å²) in [5, 5.41) is 8.84. The fraction of sp³-hybridized carbons (Fsp3) is 0.143. The van der Waals surface area contributed by atoms with Crippen molar-refractivity contribution in [2.75, 3.05) is 13.7 Å². The highest BCUT2D eigenvalue weighted by Crippen LogP contribution is 2.27. The van der Waals surface area contributed by atoms with Crippen molar-refractivity contribution in [2.45, 2.75) is 6.54 Å². The van der Waals surface area contributed by atoms with Gasteiger partial charge in [0.2, 0.25) is 0 Å². The summed E-state index contributed by atoms with van der Waals surface area (Å²) in [5.74, 6) is -0.292. The van der Waals surface area contributed by atoms with Crippen LogP contribution in [0.1, 0.15) is 21.6 Å². The second-order valence-electron chi connectivity index (χ2n) is 6.39. The van der Waals surface area contributed by atoms with Gasteiger partial charge in [-0.05, 0) is 47.5 Å². The van der Waals surface area contributed by atoms with Gasteiger partial charge in [0, 0.05) is 11.2 Å². The Bertz CT molecular complexity index is 1100. The van der Waals surface area contributed by atoms with E-state index in [1.807, 2.05) is 12.1 Å². The summed E-state index contributed by atoms with van der Waals surface area (Å²) < 4.78 is 12.1. The summed E-state index contributed by atoms with van der Waals surface area (Å²) in [4.78, 5) is 23.2. The summed E-state index contributed by atoms with van der Waals surface area (Å²) in [6.07, 6.45) is 3.14. The number of benzene rings is 2. The summed E-state index contributed by atoms with van der Waals surface area (Å²) in [7, 11) is 1.48. The maximum absolute atomic E-state index is 12.3. The molecule has 0 bridgehead atoms. The van der Waals surface area contributed by atoms with E-state index in [0.29, 0.717) is 28.6 Å². The Labute approximate surface area is 183 Å². The molecule has 0 spiro atoms. The molecule has 0 unspecified atom stereocenters. The molecule has 3 aromatic rings. The number of ether oxygens (including phenoxy) is 2. The van der Waals surface area contributed by atoms with Crippen molar-refractivity contribution in [1.29, 1.82) is 0 Å². The Morgan fingerprint density at radius 3 is 2.68 bits per heavy atom. The Morgan fingerprint density at radius 2 is 1.97 bits per heavy atom. The number of hydrazone groups is 1. The van der Waals surface area contributed by atoms with Gasteiger partial charge in [0.15, 0.2) is 23.8 Å². The van der Waals surface area contributed by atoms with Crippen molar-refractivity contribution in [2.24, 2.45) is 10.8 Å². The van der Waals surface area contributed by atoms with Crippen LogP contribution in [0.5, 0.6) is 11.5 Å². The minimum absolute atomic E-state index is 0.228. The first kappa shape index (κ1) is 21.8. The van der Waals surface area contributed by atoms with Gasteiger partial charge in [0.25, 0.3) is 11.8 Å². The van der Waals surface area contributed by atoms with Crippen molar-refractivity contribution in [3.05, 3.63) is 76.6 Å². The van der Waals surface area contributed by atoms with Gasteiger partial charge < -0.3 is 15.2 Å². The molecule has 0 radical (unpaired) electrons. The zero-order valence-corrected chi connectivity index (χ0v) is 17.4. The number of nitrogens with two attached hydrogens (primary N) is 1. The van der Waals surface area contributed by atoms with Crippen LogP contribution in [0.25, 0.3) is 0 Å². The number of carbonyl (C=O) groups is 2. The third-order valence-electron chi connectivity index (χ3n) is 4.07. The van der Waals surface area contributed by atoms with E-state index in [-0.39, 0.29) is 12.3 Å². The highest BCUT2D eigenvalue weighted by Gasteiger charge is 2.10. The summed E-state index contributed by atoms with van der Waals surface area (Å²) in [6, 6.07) is 14.0. The smallest absolute Gasteiger partial charge is 0.291 e. The number of nitrogens with zero attached hydrogens (tertiary/aromatic N) is 3. The van der Waals surface area contributed by atoms with Gasteiger partial charge in [0.1, 0.15) is 0 Å². The first-order chi connectivity index (χ1) is 14.9. The maximum Gasteiger partial charge on any atom is 0.291 e. The van der Waals surface area contributed by atoms with E-state index >= 15 is 0 Å². The molecule has 2 amide bonds. The number of nitrogens with one attached hydrogen (secondary N) is 1. The number of primary amides is 1. The van der Waals surface area contributed by atoms with E-state index in [1.165, 1.54) is 13.3 Å². The molecule has 0 saturated carbocycles.